The maximum absolute atomic E-state index is 13.2. The largest absolute Gasteiger partial charge is 0.380 e. The third-order valence-electron chi connectivity index (χ3n) is 3.55. The van der Waals surface area contributed by atoms with Crippen molar-refractivity contribution in [3.05, 3.63) is 29.8 Å². The van der Waals surface area contributed by atoms with Crippen LogP contribution >= 0.6 is 0 Å². The van der Waals surface area contributed by atoms with Gasteiger partial charge in [-0.25, -0.2) is 21.9 Å². The second kappa shape index (κ2) is 7.22. The van der Waals surface area contributed by atoms with E-state index in [-0.39, 0.29) is 18.5 Å². The van der Waals surface area contributed by atoms with Gasteiger partial charge in [0.05, 0.1) is 12.8 Å². The Hall–Kier alpha value is -1.74. The summed E-state index contributed by atoms with van der Waals surface area (Å²) in [6.07, 6.45) is 2.51. The van der Waals surface area contributed by atoms with Crippen molar-refractivity contribution < 1.29 is 22.0 Å². The molecule has 1 atom stereocenters. The van der Waals surface area contributed by atoms with E-state index in [9.17, 15) is 22.0 Å². The molecule has 1 heterocycles. The highest BCUT2D eigenvalue weighted by atomic mass is 32.2. The Morgan fingerprint density at radius 3 is 2.74 bits per heavy atom. The van der Waals surface area contributed by atoms with E-state index in [1.165, 1.54) is 6.07 Å². The summed E-state index contributed by atoms with van der Waals surface area (Å²) in [6, 6.07) is 3.45. The molecular weight excluding hydrogens is 328 g/mol. The molecule has 0 bridgehead atoms. The van der Waals surface area contributed by atoms with Crippen molar-refractivity contribution in [2.75, 3.05) is 31.2 Å². The van der Waals surface area contributed by atoms with Crippen molar-refractivity contribution in [2.24, 2.45) is 0 Å². The zero-order valence-corrected chi connectivity index (χ0v) is 13.5. The summed E-state index contributed by atoms with van der Waals surface area (Å²) in [5, 5.41) is 3.07. The lowest BCUT2D eigenvalue weighted by Crippen LogP contribution is -2.48. The van der Waals surface area contributed by atoms with Crippen molar-refractivity contribution in [3.8, 4) is 0 Å². The van der Waals surface area contributed by atoms with Gasteiger partial charge in [-0.3, -0.25) is 4.79 Å². The fourth-order valence-electron chi connectivity index (χ4n) is 2.45. The van der Waals surface area contributed by atoms with E-state index in [0.29, 0.717) is 18.8 Å². The van der Waals surface area contributed by atoms with Crippen LogP contribution in [0.1, 0.15) is 12.8 Å². The molecule has 1 saturated heterocycles. The van der Waals surface area contributed by atoms with E-state index in [4.69, 9.17) is 0 Å². The Labute approximate surface area is 133 Å². The first kappa shape index (κ1) is 17.6. The fraction of sp³-hybridized carbons (Fsp3) is 0.500. The lowest BCUT2D eigenvalue weighted by atomic mass is 10.1. The number of likely N-dealkylation sites (tertiary alicyclic amines) is 1. The summed E-state index contributed by atoms with van der Waals surface area (Å²) in [4.78, 5) is 13.6. The third-order valence-corrected chi connectivity index (χ3v) is 4.22. The summed E-state index contributed by atoms with van der Waals surface area (Å²) >= 11 is 0. The second-order valence-electron chi connectivity index (χ2n) is 5.55. The molecule has 1 amide bonds. The van der Waals surface area contributed by atoms with Crippen molar-refractivity contribution in [1.29, 1.82) is 0 Å². The predicted molar refractivity (Wildman–Crippen MR) is 82.4 cm³/mol. The smallest absolute Gasteiger partial charge is 0.237 e. The average Bonchev–Trinajstić information content (AvgIpc) is 2.48. The fourth-order valence-corrected chi connectivity index (χ4v) is 2.83. The zero-order valence-electron chi connectivity index (χ0n) is 12.7. The second-order valence-corrected chi connectivity index (χ2v) is 7.38. The number of benzene rings is 1. The van der Waals surface area contributed by atoms with Crippen LogP contribution in [0.4, 0.5) is 14.5 Å². The Morgan fingerprint density at radius 2 is 2.09 bits per heavy atom. The molecule has 2 N–H and O–H groups in total. The van der Waals surface area contributed by atoms with Crippen LogP contribution in [0.2, 0.25) is 0 Å². The highest BCUT2D eigenvalue weighted by Gasteiger charge is 2.24. The van der Waals surface area contributed by atoms with Crippen LogP contribution in [0.5, 0.6) is 0 Å². The minimum absolute atomic E-state index is 0.101. The minimum Gasteiger partial charge on any atom is -0.380 e. The summed E-state index contributed by atoms with van der Waals surface area (Å²) in [5.74, 6) is -2.16. The van der Waals surface area contributed by atoms with E-state index >= 15 is 0 Å². The van der Waals surface area contributed by atoms with Crippen molar-refractivity contribution in [2.45, 2.75) is 18.9 Å². The SMILES string of the molecule is CS(=O)(=O)NCC(=O)N1CCC[C@@H](Nc2ccc(F)c(F)c2)C1. The van der Waals surface area contributed by atoms with Gasteiger partial charge in [-0.15, -0.1) is 0 Å². The number of piperidine rings is 1. The molecule has 6 nitrogen and oxygen atoms in total. The Kier molecular flexibility index (Phi) is 5.53. The van der Waals surface area contributed by atoms with E-state index in [0.717, 1.165) is 31.2 Å². The number of nitrogens with zero attached hydrogens (tertiary/aromatic N) is 1. The van der Waals surface area contributed by atoms with Crippen LogP contribution in [-0.2, 0) is 14.8 Å². The van der Waals surface area contributed by atoms with Gasteiger partial charge in [0.15, 0.2) is 11.6 Å². The molecule has 0 radical (unpaired) electrons. The molecule has 0 aliphatic carbocycles. The molecule has 1 aliphatic heterocycles. The number of carbonyl (C=O) groups is 1. The van der Waals surface area contributed by atoms with E-state index in [1.54, 1.807) is 4.90 Å². The van der Waals surface area contributed by atoms with Crippen LogP contribution in [0.15, 0.2) is 18.2 Å². The zero-order chi connectivity index (χ0) is 17.0. The van der Waals surface area contributed by atoms with Gasteiger partial charge < -0.3 is 10.2 Å². The summed E-state index contributed by atoms with van der Waals surface area (Å²) in [7, 11) is -3.42. The van der Waals surface area contributed by atoms with E-state index in [2.05, 4.69) is 10.0 Å². The number of nitrogens with one attached hydrogen (secondary N) is 2. The van der Waals surface area contributed by atoms with Gasteiger partial charge in [-0.1, -0.05) is 0 Å². The summed E-state index contributed by atoms with van der Waals surface area (Å²) < 4.78 is 50.3. The quantitative estimate of drug-likeness (QED) is 0.830. The van der Waals surface area contributed by atoms with Crippen LogP contribution in [-0.4, -0.2) is 51.2 Å². The Bertz CT molecular complexity index is 682. The molecule has 1 aliphatic rings. The van der Waals surface area contributed by atoms with Crippen molar-refractivity contribution >= 4 is 21.6 Å². The monoisotopic (exact) mass is 347 g/mol. The topological polar surface area (TPSA) is 78.5 Å². The molecule has 0 spiro atoms. The van der Waals surface area contributed by atoms with Crippen LogP contribution < -0.4 is 10.0 Å². The molecule has 1 fully saturated rings. The van der Waals surface area contributed by atoms with Gasteiger partial charge in [0, 0.05) is 30.9 Å². The lowest BCUT2D eigenvalue weighted by molar-refractivity contribution is -0.130. The highest BCUT2D eigenvalue weighted by Crippen LogP contribution is 2.18. The van der Waals surface area contributed by atoms with E-state index in [1.807, 2.05) is 0 Å². The Morgan fingerprint density at radius 1 is 1.35 bits per heavy atom. The highest BCUT2D eigenvalue weighted by molar-refractivity contribution is 7.88. The van der Waals surface area contributed by atoms with Crippen molar-refractivity contribution in [1.82, 2.24) is 9.62 Å². The van der Waals surface area contributed by atoms with E-state index < -0.39 is 21.7 Å². The number of carbonyl (C=O) groups excluding carboxylic acids is 1. The molecule has 9 heteroatoms. The molecule has 23 heavy (non-hydrogen) atoms. The number of amides is 1. The number of hydrogen-bond donors (Lipinski definition) is 2. The number of rotatable bonds is 5. The first-order valence-corrected chi connectivity index (χ1v) is 9.08. The molecule has 0 unspecified atom stereocenters. The van der Waals surface area contributed by atoms with Crippen LogP contribution in [0.3, 0.4) is 0 Å². The molecule has 1 aromatic carbocycles. The standard InChI is InChI=1S/C14H19F2N3O3S/c1-23(21,22)17-8-14(20)19-6-2-3-11(9-19)18-10-4-5-12(15)13(16)7-10/h4-5,7,11,17-18H,2-3,6,8-9H2,1H3/t11-/m1/s1. The van der Waals surface area contributed by atoms with Crippen LogP contribution in [0.25, 0.3) is 0 Å². The average molecular weight is 347 g/mol. The predicted octanol–water partition coefficient (Wildman–Crippen LogP) is 0.917. The van der Waals surface area contributed by atoms with Gasteiger partial charge >= 0.3 is 0 Å². The van der Waals surface area contributed by atoms with Gasteiger partial charge in [-0.2, -0.15) is 0 Å². The molecule has 0 saturated carbocycles. The summed E-state index contributed by atoms with van der Waals surface area (Å²) in [5.41, 5.74) is 0.442. The lowest BCUT2D eigenvalue weighted by Gasteiger charge is -2.33. The number of anilines is 1. The maximum atomic E-state index is 13.2. The number of hydrogen-bond acceptors (Lipinski definition) is 4. The van der Waals surface area contributed by atoms with Gasteiger partial charge in [-0.05, 0) is 25.0 Å². The van der Waals surface area contributed by atoms with Crippen molar-refractivity contribution in [3.63, 3.8) is 0 Å². The molecule has 0 aromatic heterocycles. The summed E-state index contributed by atoms with van der Waals surface area (Å²) in [6.45, 7) is 0.639. The minimum atomic E-state index is -3.42. The first-order valence-electron chi connectivity index (χ1n) is 7.18. The van der Waals surface area contributed by atoms with Crippen LogP contribution in [0, 0.1) is 11.6 Å². The molecule has 128 valence electrons. The normalized spacial score (nSPS) is 18.7. The maximum Gasteiger partial charge on any atom is 0.237 e. The molecule has 1 aromatic rings. The molecular formula is C14H19F2N3O3S. The molecule has 2 rings (SSSR count). The Balaban J connectivity index is 1.92. The van der Waals surface area contributed by atoms with Gasteiger partial charge in [0.1, 0.15) is 0 Å². The third kappa shape index (κ3) is 5.43. The van der Waals surface area contributed by atoms with Gasteiger partial charge in [0.25, 0.3) is 0 Å². The number of halogens is 2. The number of sulfonamides is 1. The van der Waals surface area contributed by atoms with Gasteiger partial charge in [0.2, 0.25) is 15.9 Å². The first-order chi connectivity index (χ1) is 10.7.